The highest BCUT2D eigenvalue weighted by Gasteiger charge is 2.24. The standard InChI is InChI=1S/C17H22N4O2/c1-3-21(11-16(22)20-17(23)19-15-8-9-15)12(2)14-6-4-13(10-18)5-7-14/h4-7,12,15H,3,8-9,11H2,1-2H3,(H2,19,20,22,23). The van der Waals surface area contributed by atoms with Crippen molar-refractivity contribution in [3.05, 3.63) is 35.4 Å². The van der Waals surface area contributed by atoms with Crippen LogP contribution >= 0.6 is 0 Å². The Kier molecular flexibility index (Phi) is 5.72. The molecular formula is C17H22N4O2. The maximum atomic E-state index is 12.0. The molecule has 1 unspecified atom stereocenters. The van der Waals surface area contributed by atoms with Gasteiger partial charge in [-0.25, -0.2) is 4.79 Å². The molecule has 122 valence electrons. The van der Waals surface area contributed by atoms with E-state index in [1.807, 2.05) is 30.9 Å². The highest BCUT2D eigenvalue weighted by atomic mass is 16.2. The monoisotopic (exact) mass is 314 g/mol. The summed E-state index contributed by atoms with van der Waals surface area (Å²) in [6.07, 6.45) is 1.97. The van der Waals surface area contributed by atoms with Gasteiger partial charge in [-0.05, 0) is 44.0 Å². The van der Waals surface area contributed by atoms with E-state index < -0.39 is 6.03 Å². The normalized spacial score (nSPS) is 14.9. The minimum Gasteiger partial charge on any atom is -0.335 e. The Balaban J connectivity index is 1.90. The number of nitrogens with zero attached hydrogens (tertiary/aromatic N) is 2. The Labute approximate surface area is 136 Å². The van der Waals surface area contributed by atoms with Gasteiger partial charge in [-0.2, -0.15) is 5.26 Å². The second kappa shape index (κ2) is 7.75. The molecule has 3 amide bonds. The van der Waals surface area contributed by atoms with Gasteiger partial charge < -0.3 is 5.32 Å². The Morgan fingerprint density at radius 2 is 2.00 bits per heavy atom. The van der Waals surface area contributed by atoms with E-state index >= 15 is 0 Å². The van der Waals surface area contributed by atoms with E-state index in [0.29, 0.717) is 12.1 Å². The van der Waals surface area contributed by atoms with Crippen LogP contribution in [0.5, 0.6) is 0 Å². The Bertz CT molecular complexity index is 602. The van der Waals surface area contributed by atoms with Crippen LogP contribution in [0.4, 0.5) is 4.79 Å². The van der Waals surface area contributed by atoms with Crippen LogP contribution in [0.2, 0.25) is 0 Å². The third-order valence-corrected chi connectivity index (χ3v) is 3.99. The highest BCUT2D eigenvalue weighted by molar-refractivity contribution is 5.95. The van der Waals surface area contributed by atoms with Crippen LogP contribution in [0, 0.1) is 11.3 Å². The minimum absolute atomic E-state index is 0.0185. The maximum Gasteiger partial charge on any atom is 0.321 e. The molecule has 1 aliphatic carbocycles. The maximum absolute atomic E-state index is 12.0. The number of likely N-dealkylation sites (N-methyl/N-ethyl adjacent to an activating group) is 1. The molecule has 0 bridgehead atoms. The summed E-state index contributed by atoms with van der Waals surface area (Å²) in [4.78, 5) is 25.6. The zero-order chi connectivity index (χ0) is 16.8. The fourth-order valence-electron chi connectivity index (χ4n) is 2.37. The highest BCUT2D eigenvalue weighted by Crippen LogP contribution is 2.20. The quantitative estimate of drug-likeness (QED) is 0.840. The van der Waals surface area contributed by atoms with Crippen LogP contribution in [0.3, 0.4) is 0 Å². The van der Waals surface area contributed by atoms with Crippen LogP contribution in [-0.2, 0) is 4.79 Å². The smallest absolute Gasteiger partial charge is 0.321 e. The first kappa shape index (κ1) is 17.0. The number of rotatable bonds is 6. The average Bonchev–Trinajstić information content (AvgIpc) is 3.35. The second-order valence-electron chi connectivity index (χ2n) is 5.77. The molecule has 6 nitrogen and oxygen atoms in total. The molecule has 2 rings (SSSR count). The van der Waals surface area contributed by atoms with Crippen molar-refractivity contribution in [3.63, 3.8) is 0 Å². The van der Waals surface area contributed by atoms with E-state index in [-0.39, 0.29) is 24.5 Å². The molecule has 6 heteroatoms. The molecule has 1 aromatic rings. The minimum atomic E-state index is -0.417. The van der Waals surface area contributed by atoms with Gasteiger partial charge in [0.25, 0.3) is 0 Å². The van der Waals surface area contributed by atoms with Gasteiger partial charge >= 0.3 is 6.03 Å². The van der Waals surface area contributed by atoms with Gasteiger partial charge in [0.2, 0.25) is 5.91 Å². The summed E-state index contributed by atoms with van der Waals surface area (Å²) >= 11 is 0. The first-order valence-electron chi connectivity index (χ1n) is 7.88. The number of imide groups is 1. The fraction of sp³-hybridized carbons (Fsp3) is 0.471. The van der Waals surface area contributed by atoms with Crippen molar-refractivity contribution in [1.82, 2.24) is 15.5 Å². The first-order chi connectivity index (χ1) is 11.0. The summed E-state index contributed by atoms with van der Waals surface area (Å²) in [5.74, 6) is -0.314. The molecule has 0 radical (unpaired) electrons. The van der Waals surface area contributed by atoms with Gasteiger partial charge in [0, 0.05) is 12.1 Å². The van der Waals surface area contributed by atoms with Crippen LogP contribution in [0.25, 0.3) is 0 Å². The lowest BCUT2D eigenvalue weighted by molar-refractivity contribution is -0.121. The van der Waals surface area contributed by atoms with E-state index in [1.54, 1.807) is 12.1 Å². The molecule has 1 saturated carbocycles. The molecule has 1 aliphatic rings. The van der Waals surface area contributed by atoms with E-state index in [1.165, 1.54) is 0 Å². The van der Waals surface area contributed by atoms with Crippen LogP contribution in [0.15, 0.2) is 24.3 Å². The van der Waals surface area contributed by atoms with E-state index in [9.17, 15) is 9.59 Å². The van der Waals surface area contributed by atoms with Crippen LogP contribution < -0.4 is 10.6 Å². The van der Waals surface area contributed by atoms with Crippen molar-refractivity contribution in [1.29, 1.82) is 5.26 Å². The van der Waals surface area contributed by atoms with E-state index in [2.05, 4.69) is 16.7 Å². The molecule has 1 aromatic carbocycles. The zero-order valence-corrected chi connectivity index (χ0v) is 13.5. The van der Waals surface area contributed by atoms with Crippen molar-refractivity contribution in [2.75, 3.05) is 13.1 Å². The number of hydrogen-bond donors (Lipinski definition) is 2. The van der Waals surface area contributed by atoms with Crippen LogP contribution in [0.1, 0.15) is 43.9 Å². The van der Waals surface area contributed by atoms with Crippen molar-refractivity contribution in [3.8, 4) is 6.07 Å². The average molecular weight is 314 g/mol. The first-order valence-corrected chi connectivity index (χ1v) is 7.88. The molecule has 0 saturated heterocycles. The number of urea groups is 1. The van der Waals surface area contributed by atoms with Gasteiger partial charge in [0.1, 0.15) is 0 Å². The molecule has 1 atom stereocenters. The van der Waals surface area contributed by atoms with Gasteiger partial charge in [0.15, 0.2) is 0 Å². The van der Waals surface area contributed by atoms with Gasteiger partial charge in [-0.1, -0.05) is 19.1 Å². The van der Waals surface area contributed by atoms with Crippen molar-refractivity contribution < 1.29 is 9.59 Å². The third-order valence-electron chi connectivity index (χ3n) is 3.99. The molecule has 1 fully saturated rings. The molecule has 23 heavy (non-hydrogen) atoms. The fourth-order valence-corrected chi connectivity index (χ4v) is 2.37. The lowest BCUT2D eigenvalue weighted by atomic mass is 10.1. The Morgan fingerprint density at radius 3 is 2.52 bits per heavy atom. The summed E-state index contributed by atoms with van der Waals surface area (Å²) in [5, 5.41) is 13.9. The molecule has 0 heterocycles. The number of nitrogens with one attached hydrogen (secondary N) is 2. The molecular weight excluding hydrogens is 292 g/mol. The van der Waals surface area contributed by atoms with Crippen molar-refractivity contribution >= 4 is 11.9 Å². The summed E-state index contributed by atoms with van der Waals surface area (Å²) in [6.45, 7) is 4.80. The number of amides is 3. The number of benzene rings is 1. The lowest BCUT2D eigenvalue weighted by Crippen LogP contribution is -2.45. The second-order valence-corrected chi connectivity index (χ2v) is 5.77. The van der Waals surface area contributed by atoms with Crippen LogP contribution in [-0.4, -0.2) is 36.0 Å². The Hall–Kier alpha value is -2.39. The van der Waals surface area contributed by atoms with Crippen molar-refractivity contribution in [2.24, 2.45) is 0 Å². The molecule has 0 aliphatic heterocycles. The number of hydrogen-bond acceptors (Lipinski definition) is 4. The third kappa shape index (κ3) is 5.08. The predicted molar refractivity (Wildman–Crippen MR) is 86.5 cm³/mol. The van der Waals surface area contributed by atoms with Gasteiger partial charge in [0.05, 0.1) is 18.2 Å². The molecule has 0 spiro atoms. The largest absolute Gasteiger partial charge is 0.335 e. The topological polar surface area (TPSA) is 85.2 Å². The zero-order valence-electron chi connectivity index (χ0n) is 13.5. The molecule has 2 N–H and O–H groups in total. The van der Waals surface area contributed by atoms with E-state index in [4.69, 9.17) is 5.26 Å². The lowest BCUT2D eigenvalue weighted by Gasteiger charge is -2.27. The number of carbonyl (C=O) groups is 2. The summed E-state index contributed by atoms with van der Waals surface area (Å²) in [6, 6.07) is 9.23. The van der Waals surface area contributed by atoms with Gasteiger partial charge in [-0.15, -0.1) is 0 Å². The summed E-state index contributed by atoms with van der Waals surface area (Å²) in [7, 11) is 0. The Morgan fingerprint density at radius 1 is 1.35 bits per heavy atom. The SMILES string of the molecule is CCN(CC(=O)NC(=O)NC1CC1)C(C)c1ccc(C#N)cc1. The molecule has 0 aromatic heterocycles. The number of nitriles is 1. The predicted octanol–water partition coefficient (Wildman–Crippen LogP) is 1.93. The number of carbonyl (C=O) groups excluding carboxylic acids is 2. The van der Waals surface area contributed by atoms with E-state index in [0.717, 1.165) is 18.4 Å². The van der Waals surface area contributed by atoms with Crippen molar-refractivity contribution in [2.45, 2.75) is 38.8 Å². The summed E-state index contributed by atoms with van der Waals surface area (Å²) < 4.78 is 0. The summed E-state index contributed by atoms with van der Waals surface area (Å²) in [5.41, 5.74) is 1.64. The van der Waals surface area contributed by atoms with Gasteiger partial charge in [-0.3, -0.25) is 15.0 Å².